The number of carbonyl (C=O) groups is 2. The minimum absolute atomic E-state index is 0.0289. The number of hydrogen-bond acceptors (Lipinski definition) is 8. The number of benzene rings is 2. The quantitative estimate of drug-likeness (QED) is 0.265. The predicted molar refractivity (Wildman–Crippen MR) is 154 cm³/mol. The van der Waals surface area contributed by atoms with Gasteiger partial charge in [-0.05, 0) is 54.7 Å². The summed E-state index contributed by atoms with van der Waals surface area (Å²) in [6, 6.07) is 13.5. The molecule has 11 nitrogen and oxygen atoms in total. The molecule has 0 saturated carbocycles. The summed E-state index contributed by atoms with van der Waals surface area (Å²) in [6.45, 7) is 1.61. The molecule has 12 heteroatoms. The Hall–Kier alpha value is -4.06. The molecule has 2 aliphatic rings. The second-order valence-corrected chi connectivity index (χ2v) is 11.5. The Morgan fingerprint density at radius 2 is 1.78 bits per heavy atom. The average Bonchev–Trinajstić information content (AvgIpc) is 3.70. The second-order valence-electron chi connectivity index (χ2n) is 10.2. The normalized spacial score (nSPS) is 19.2. The number of carbonyl (C=O) groups excluding carboxylic acids is 2. The number of methoxy groups -OCH3 is 1. The van der Waals surface area contributed by atoms with Crippen molar-refractivity contribution in [3.05, 3.63) is 88.5 Å². The molecular formula is C29H33N5O6S. The molecule has 0 N–H and O–H groups in total. The van der Waals surface area contributed by atoms with Crippen molar-refractivity contribution in [3.8, 4) is 5.75 Å². The molecule has 0 bridgehead atoms. The lowest BCUT2D eigenvalue weighted by atomic mass is 10.0. The van der Waals surface area contributed by atoms with Gasteiger partial charge in [0.25, 0.3) is 5.69 Å². The molecule has 41 heavy (non-hydrogen) atoms. The monoisotopic (exact) mass is 579 g/mol. The van der Waals surface area contributed by atoms with Gasteiger partial charge < -0.3 is 18.9 Å². The van der Waals surface area contributed by atoms with Gasteiger partial charge in [0.2, 0.25) is 5.91 Å². The van der Waals surface area contributed by atoms with Gasteiger partial charge in [-0.2, -0.15) is 11.8 Å². The summed E-state index contributed by atoms with van der Waals surface area (Å²) in [6.07, 6.45) is 7.18. The van der Waals surface area contributed by atoms with Crippen molar-refractivity contribution in [1.82, 2.24) is 19.4 Å². The molecular weight excluding hydrogens is 546 g/mol. The zero-order chi connectivity index (χ0) is 28.8. The van der Waals surface area contributed by atoms with Gasteiger partial charge in [0.1, 0.15) is 18.4 Å². The predicted octanol–water partition coefficient (Wildman–Crippen LogP) is 4.68. The van der Waals surface area contributed by atoms with Crippen molar-refractivity contribution in [3.63, 3.8) is 0 Å². The van der Waals surface area contributed by atoms with Gasteiger partial charge in [-0.25, -0.2) is 9.78 Å². The van der Waals surface area contributed by atoms with Crippen molar-refractivity contribution in [2.45, 2.75) is 49.0 Å². The van der Waals surface area contributed by atoms with Gasteiger partial charge in [0, 0.05) is 61.2 Å². The average molecular weight is 580 g/mol. The summed E-state index contributed by atoms with van der Waals surface area (Å²) in [4.78, 5) is 45.0. The van der Waals surface area contributed by atoms with E-state index in [2.05, 4.69) is 9.55 Å². The maximum absolute atomic E-state index is 13.7. The standard InChI is InChI=1S/C29H33N5O6S/c1-39-25-8-4-22(5-9-25)19-41-26-16-27(28(35)31-13-10-23(11-14-31)32-15-12-30-20-32)33(17-26)29(36)40-18-21-2-6-24(7-3-21)34(37)38/h2-9,12,15,20,23,26-27H,10-11,13-14,16-19H2,1H3/t26-,27-/m0/s1. The van der Waals surface area contributed by atoms with Crippen LogP contribution in [0.4, 0.5) is 10.5 Å². The topological polar surface area (TPSA) is 120 Å². The summed E-state index contributed by atoms with van der Waals surface area (Å²) in [5.41, 5.74) is 1.75. The molecule has 0 radical (unpaired) electrons. The lowest BCUT2D eigenvalue weighted by Crippen LogP contribution is -2.50. The Morgan fingerprint density at radius 3 is 2.41 bits per heavy atom. The highest BCUT2D eigenvalue weighted by molar-refractivity contribution is 7.99. The van der Waals surface area contributed by atoms with Gasteiger partial charge in [0.05, 0.1) is 18.4 Å². The molecule has 2 atom stereocenters. The van der Waals surface area contributed by atoms with Gasteiger partial charge in [-0.15, -0.1) is 0 Å². The fourth-order valence-corrected chi connectivity index (χ4v) is 6.52. The first-order valence-corrected chi connectivity index (χ1v) is 14.6. The summed E-state index contributed by atoms with van der Waals surface area (Å²) >= 11 is 1.72. The smallest absolute Gasteiger partial charge is 0.410 e. The highest BCUT2D eigenvalue weighted by Crippen LogP contribution is 2.33. The van der Waals surface area contributed by atoms with E-state index >= 15 is 0 Å². The molecule has 2 aliphatic heterocycles. The number of rotatable bonds is 9. The number of nitro groups is 1. The number of aromatic nitrogens is 2. The molecule has 216 valence electrons. The van der Waals surface area contributed by atoms with Gasteiger partial charge in [0.15, 0.2) is 0 Å². The molecule has 1 aromatic heterocycles. The number of likely N-dealkylation sites (tertiary alicyclic amines) is 2. The van der Waals surface area contributed by atoms with Crippen LogP contribution in [0, 0.1) is 10.1 Å². The molecule has 0 spiro atoms. The SMILES string of the molecule is COc1ccc(CS[C@H]2C[C@@H](C(=O)N3CCC(n4ccnc4)CC3)N(C(=O)OCc3ccc([N+](=O)[O-])cc3)C2)cc1. The zero-order valence-corrected chi connectivity index (χ0v) is 23.7. The first-order chi connectivity index (χ1) is 19.9. The number of hydrogen-bond donors (Lipinski definition) is 0. The highest BCUT2D eigenvalue weighted by Gasteiger charge is 2.43. The number of ether oxygens (including phenoxy) is 2. The van der Waals surface area contributed by atoms with E-state index in [4.69, 9.17) is 9.47 Å². The van der Waals surface area contributed by atoms with Crippen LogP contribution in [0.1, 0.15) is 36.4 Å². The fourth-order valence-electron chi connectivity index (χ4n) is 5.31. The largest absolute Gasteiger partial charge is 0.497 e. The molecule has 2 fully saturated rings. The van der Waals surface area contributed by atoms with E-state index in [9.17, 15) is 19.7 Å². The van der Waals surface area contributed by atoms with Crippen LogP contribution in [0.3, 0.4) is 0 Å². The Morgan fingerprint density at radius 1 is 1.07 bits per heavy atom. The van der Waals surface area contributed by atoms with Gasteiger partial charge in [-0.3, -0.25) is 19.8 Å². The molecule has 0 unspecified atom stereocenters. The van der Waals surface area contributed by atoms with E-state index in [0.29, 0.717) is 37.7 Å². The van der Waals surface area contributed by atoms with Crippen LogP contribution in [0.25, 0.3) is 0 Å². The Labute approximate surface area is 242 Å². The van der Waals surface area contributed by atoms with E-state index < -0.39 is 17.1 Å². The lowest BCUT2D eigenvalue weighted by molar-refractivity contribution is -0.384. The van der Waals surface area contributed by atoms with Crippen LogP contribution in [-0.2, 0) is 21.9 Å². The summed E-state index contributed by atoms with van der Waals surface area (Å²) in [5.74, 6) is 1.50. The third-order valence-electron chi connectivity index (χ3n) is 7.66. The Bertz CT molecular complexity index is 1330. The first-order valence-electron chi connectivity index (χ1n) is 13.6. The summed E-state index contributed by atoms with van der Waals surface area (Å²) in [5, 5.41) is 11.0. The number of non-ortho nitro benzene ring substituents is 1. The molecule has 3 heterocycles. The lowest BCUT2D eigenvalue weighted by Gasteiger charge is -2.35. The zero-order valence-electron chi connectivity index (χ0n) is 22.8. The van der Waals surface area contributed by atoms with Gasteiger partial charge >= 0.3 is 6.09 Å². The van der Waals surface area contributed by atoms with Crippen LogP contribution in [0.2, 0.25) is 0 Å². The van der Waals surface area contributed by atoms with Crippen LogP contribution >= 0.6 is 11.8 Å². The maximum atomic E-state index is 13.7. The molecule has 5 rings (SSSR count). The highest BCUT2D eigenvalue weighted by atomic mass is 32.2. The number of nitro benzene ring substituents is 1. The van der Waals surface area contributed by atoms with Crippen molar-refractivity contribution >= 4 is 29.4 Å². The molecule has 2 aromatic carbocycles. The number of imidazole rings is 1. The third kappa shape index (κ3) is 6.99. The fraction of sp³-hybridized carbons (Fsp3) is 0.414. The maximum Gasteiger partial charge on any atom is 0.410 e. The van der Waals surface area contributed by atoms with E-state index in [1.54, 1.807) is 42.1 Å². The van der Waals surface area contributed by atoms with E-state index in [1.807, 2.05) is 41.7 Å². The van der Waals surface area contributed by atoms with Crippen LogP contribution in [0.5, 0.6) is 5.75 Å². The Kier molecular flexibility index (Phi) is 9.07. The minimum Gasteiger partial charge on any atom is -0.497 e. The van der Waals surface area contributed by atoms with Crippen molar-refractivity contribution < 1.29 is 24.0 Å². The molecule has 2 amide bonds. The van der Waals surface area contributed by atoms with E-state index in [-0.39, 0.29) is 23.5 Å². The number of amides is 2. The van der Waals surface area contributed by atoms with Crippen molar-refractivity contribution in [2.75, 3.05) is 26.7 Å². The number of nitrogens with zero attached hydrogens (tertiary/aromatic N) is 5. The summed E-state index contributed by atoms with van der Waals surface area (Å²) in [7, 11) is 1.63. The van der Waals surface area contributed by atoms with Crippen molar-refractivity contribution in [1.29, 1.82) is 0 Å². The minimum atomic E-state index is -0.600. The van der Waals surface area contributed by atoms with Crippen LogP contribution in [-0.4, -0.2) is 74.3 Å². The second kappa shape index (κ2) is 13.1. The molecule has 0 aliphatic carbocycles. The first kappa shape index (κ1) is 28.5. The Balaban J connectivity index is 1.23. The van der Waals surface area contributed by atoms with E-state index in [1.165, 1.54) is 12.1 Å². The summed E-state index contributed by atoms with van der Waals surface area (Å²) < 4.78 is 12.9. The number of piperidine rings is 1. The number of thioether (sulfide) groups is 1. The van der Waals surface area contributed by atoms with Gasteiger partial charge in [-0.1, -0.05) is 12.1 Å². The molecule has 2 saturated heterocycles. The van der Waals surface area contributed by atoms with Crippen LogP contribution in [0.15, 0.2) is 67.3 Å². The molecule has 3 aromatic rings. The third-order valence-corrected chi connectivity index (χ3v) is 8.97. The van der Waals surface area contributed by atoms with Crippen molar-refractivity contribution in [2.24, 2.45) is 0 Å². The van der Waals surface area contributed by atoms with Crippen LogP contribution < -0.4 is 4.74 Å². The van der Waals surface area contributed by atoms with E-state index in [0.717, 1.165) is 29.9 Å².